The summed E-state index contributed by atoms with van der Waals surface area (Å²) in [5.41, 5.74) is 2.34. The SMILES string of the molecule is Cl.FC(F)(F)c1ccc(-c2ccc([C@H]3CCN3)cc2)cc1. The topological polar surface area (TPSA) is 12.0 Å². The molecule has 0 bridgehead atoms. The lowest BCUT2D eigenvalue weighted by Crippen LogP contribution is -2.34. The number of halogens is 4. The van der Waals surface area contributed by atoms with Crippen molar-refractivity contribution in [3.05, 3.63) is 59.7 Å². The molecule has 1 aliphatic heterocycles. The molecule has 1 heterocycles. The minimum absolute atomic E-state index is 0. The molecule has 0 unspecified atom stereocenters. The molecule has 1 aliphatic rings. The van der Waals surface area contributed by atoms with Crippen LogP contribution in [0.2, 0.25) is 0 Å². The van der Waals surface area contributed by atoms with Crippen molar-refractivity contribution in [2.75, 3.05) is 6.54 Å². The summed E-state index contributed by atoms with van der Waals surface area (Å²) < 4.78 is 37.5. The molecule has 1 N–H and O–H groups in total. The van der Waals surface area contributed by atoms with Crippen molar-refractivity contribution in [1.29, 1.82) is 0 Å². The number of hydrogen-bond donors (Lipinski definition) is 1. The van der Waals surface area contributed by atoms with Crippen LogP contribution < -0.4 is 5.32 Å². The fourth-order valence-electron chi connectivity index (χ4n) is 2.33. The Hall–Kier alpha value is -1.52. The van der Waals surface area contributed by atoms with Crippen LogP contribution in [0.15, 0.2) is 48.5 Å². The van der Waals surface area contributed by atoms with Crippen LogP contribution in [0.4, 0.5) is 13.2 Å². The average molecular weight is 314 g/mol. The summed E-state index contributed by atoms with van der Waals surface area (Å²) in [5, 5.41) is 3.32. The van der Waals surface area contributed by atoms with Crippen molar-refractivity contribution in [3.63, 3.8) is 0 Å². The van der Waals surface area contributed by atoms with Crippen molar-refractivity contribution in [3.8, 4) is 11.1 Å². The van der Waals surface area contributed by atoms with Gasteiger partial charge in [-0.15, -0.1) is 12.4 Å². The van der Waals surface area contributed by atoms with E-state index in [1.165, 1.54) is 17.7 Å². The summed E-state index contributed by atoms with van der Waals surface area (Å²) in [6.45, 7) is 1.05. The molecule has 2 aromatic rings. The van der Waals surface area contributed by atoms with E-state index in [1.807, 2.05) is 24.3 Å². The first-order valence-electron chi connectivity index (χ1n) is 6.55. The maximum atomic E-state index is 12.5. The van der Waals surface area contributed by atoms with E-state index in [0.717, 1.165) is 36.2 Å². The Bertz CT molecular complexity index is 586. The van der Waals surface area contributed by atoms with Gasteiger partial charge < -0.3 is 5.32 Å². The molecular formula is C16H15ClF3N. The molecule has 0 spiro atoms. The highest BCUT2D eigenvalue weighted by molar-refractivity contribution is 5.85. The van der Waals surface area contributed by atoms with Crippen molar-refractivity contribution in [2.45, 2.75) is 18.6 Å². The van der Waals surface area contributed by atoms with Crippen LogP contribution >= 0.6 is 12.4 Å². The lowest BCUT2D eigenvalue weighted by Gasteiger charge is -2.28. The predicted molar refractivity (Wildman–Crippen MR) is 79.5 cm³/mol. The smallest absolute Gasteiger partial charge is 0.310 e. The second-order valence-corrected chi connectivity index (χ2v) is 4.99. The normalized spacial score (nSPS) is 17.8. The van der Waals surface area contributed by atoms with Crippen LogP contribution in [0.3, 0.4) is 0 Å². The van der Waals surface area contributed by atoms with Crippen LogP contribution in [0.25, 0.3) is 11.1 Å². The molecule has 21 heavy (non-hydrogen) atoms. The van der Waals surface area contributed by atoms with E-state index in [1.54, 1.807) is 0 Å². The van der Waals surface area contributed by atoms with Gasteiger partial charge in [-0.2, -0.15) is 13.2 Å². The number of hydrogen-bond acceptors (Lipinski definition) is 1. The first-order chi connectivity index (χ1) is 9.54. The molecule has 3 rings (SSSR count). The zero-order valence-corrected chi connectivity index (χ0v) is 12.0. The van der Waals surface area contributed by atoms with E-state index >= 15 is 0 Å². The maximum Gasteiger partial charge on any atom is 0.416 e. The molecule has 0 aromatic heterocycles. The molecule has 2 aromatic carbocycles. The zero-order valence-electron chi connectivity index (χ0n) is 11.2. The number of alkyl halides is 3. The van der Waals surface area contributed by atoms with Gasteiger partial charge in [0.1, 0.15) is 0 Å². The third-order valence-electron chi connectivity index (χ3n) is 3.68. The Morgan fingerprint density at radius 1 is 0.857 bits per heavy atom. The zero-order chi connectivity index (χ0) is 14.2. The Morgan fingerprint density at radius 2 is 1.33 bits per heavy atom. The Kier molecular flexibility index (Phi) is 4.59. The van der Waals surface area contributed by atoms with Gasteiger partial charge in [-0.05, 0) is 41.8 Å². The van der Waals surface area contributed by atoms with Gasteiger partial charge >= 0.3 is 6.18 Å². The minimum Gasteiger partial charge on any atom is -0.310 e. The second-order valence-electron chi connectivity index (χ2n) is 4.99. The Labute approximate surface area is 127 Å². The van der Waals surface area contributed by atoms with Gasteiger partial charge in [0.05, 0.1) is 5.56 Å². The summed E-state index contributed by atoms with van der Waals surface area (Å²) in [5.74, 6) is 0. The van der Waals surface area contributed by atoms with Crippen LogP contribution in [0.5, 0.6) is 0 Å². The second kappa shape index (κ2) is 6.08. The molecule has 5 heteroatoms. The van der Waals surface area contributed by atoms with E-state index < -0.39 is 11.7 Å². The molecule has 0 aliphatic carbocycles. The van der Waals surface area contributed by atoms with Crippen LogP contribution in [-0.4, -0.2) is 6.54 Å². The van der Waals surface area contributed by atoms with Gasteiger partial charge in [-0.25, -0.2) is 0 Å². The molecule has 0 saturated carbocycles. The maximum absolute atomic E-state index is 12.5. The molecule has 112 valence electrons. The van der Waals surface area contributed by atoms with Crippen molar-refractivity contribution >= 4 is 12.4 Å². The fourth-order valence-corrected chi connectivity index (χ4v) is 2.33. The van der Waals surface area contributed by atoms with Crippen LogP contribution in [0, 0.1) is 0 Å². The molecule has 1 saturated heterocycles. The van der Waals surface area contributed by atoms with Gasteiger partial charge in [0.25, 0.3) is 0 Å². The Balaban J connectivity index is 0.00000161. The third-order valence-corrected chi connectivity index (χ3v) is 3.68. The highest BCUT2D eigenvalue weighted by Crippen LogP contribution is 2.31. The standard InChI is InChI=1S/C16H14F3N.ClH/c17-16(18,19)14-7-5-12(6-8-14)11-1-3-13(4-2-11)15-9-10-20-15;/h1-8,15,20H,9-10H2;1H/t15-;/m1./s1. The molecular weight excluding hydrogens is 299 g/mol. The highest BCUT2D eigenvalue weighted by Gasteiger charge is 2.29. The molecule has 1 nitrogen and oxygen atoms in total. The van der Waals surface area contributed by atoms with E-state index in [-0.39, 0.29) is 12.4 Å². The van der Waals surface area contributed by atoms with E-state index in [0.29, 0.717) is 6.04 Å². The quantitative estimate of drug-likeness (QED) is 0.837. The van der Waals surface area contributed by atoms with E-state index in [4.69, 9.17) is 0 Å². The minimum atomic E-state index is -4.28. The summed E-state index contributed by atoms with van der Waals surface area (Å²) in [7, 11) is 0. The van der Waals surface area contributed by atoms with Crippen LogP contribution in [-0.2, 0) is 6.18 Å². The third kappa shape index (κ3) is 3.39. The van der Waals surface area contributed by atoms with Gasteiger partial charge in [-0.1, -0.05) is 36.4 Å². The lowest BCUT2D eigenvalue weighted by atomic mass is 9.95. The molecule has 0 amide bonds. The highest BCUT2D eigenvalue weighted by atomic mass is 35.5. The molecule has 1 atom stereocenters. The van der Waals surface area contributed by atoms with Crippen molar-refractivity contribution in [2.24, 2.45) is 0 Å². The largest absolute Gasteiger partial charge is 0.416 e. The van der Waals surface area contributed by atoms with Crippen molar-refractivity contribution in [1.82, 2.24) is 5.32 Å². The van der Waals surface area contributed by atoms with Crippen molar-refractivity contribution < 1.29 is 13.2 Å². The van der Waals surface area contributed by atoms with Gasteiger partial charge in [0, 0.05) is 6.04 Å². The van der Waals surface area contributed by atoms with Gasteiger partial charge in [0.2, 0.25) is 0 Å². The van der Waals surface area contributed by atoms with Crippen LogP contribution in [0.1, 0.15) is 23.6 Å². The average Bonchev–Trinajstić information content (AvgIpc) is 2.37. The number of nitrogens with one attached hydrogen (secondary N) is 1. The number of benzene rings is 2. The molecule has 0 radical (unpaired) electrons. The summed E-state index contributed by atoms with van der Waals surface area (Å²) in [6.07, 6.45) is -3.14. The summed E-state index contributed by atoms with van der Waals surface area (Å²) >= 11 is 0. The summed E-state index contributed by atoms with van der Waals surface area (Å²) in [4.78, 5) is 0. The van der Waals surface area contributed by atoms with E-state index in [2.05, 4.69) is 5.32 Å². The lowest BCUT2D eigenvalue weighted by molar-refractivity contribution is -0.137. The summed E-state index contributed by atoms with van der Waals surface area (Å²) in [6, 6.07) is 13.7. The van der Waals surface area contributed by atoms with Gasteiger partial charge in [0.15, 0.2) is 0 Å². The predicted octanol–water partition coefficient (Wildman–Crippen LogP) is 4.83. The van der Waals surface area contributed by atoms with E-state index in [9.17, 15) is 13.2 Å². The monoisotopic (exact) mass is 313 g/mol. The van der Waals surface area contributed by atoms with Gasteiger partial charge in [-0.3, -0.25) is 0 Å². The first-order valence-corrected chi connectivity index (χ1v) is 6.55. The fraction of sp³-hybridized carbons (Fsp3) is 0.250. The Morgan fingerprint density at radius 3 is 1.71 bits per heavy atom. The molecule has 1 fully saturated rings. The number of rotatable bonds is 2. The first kappa shape index (κ1) is 15.9.